The number of hydrazone groups is 1. The van der Waals surface area contributed by atoms with Gasteiger partial charge in [0.2, 0.25) is 0 Å². The van der Waals surface area contributed by atoms with Gasteiger partial charge < -0.3 is 15.4 Å². The summed E-state index contributed by atoms with van der Waals surface area (Å²) in [7, 11) is 0. The molecule has 0 spiro atoms. The van der Waals surface area contributed by atoms with Crippen LogP contribution in [0.4, 0.5) is 16.2 Å². The van der Waals surface area contributed by atoms with Crippen molar-refractivity contribution >= 4 is 29.5 Å². The summed E-state index contributed by atoms with van der Waals surface area (Å²) in [4.78, 5) is 28.7. The SMILES string of the molecule is Cc1ccc(/C=N/NC(=O)c2cc(Oc3ccc(NC(=O)Nc4cccc(C)c4)cc3)ccn2)cc1. The first kappa shape index (κ1) is 24.2. The lowest BCUT2D eigenvalue weighted by atomic mass is 10.2. The Kier molecular flexibility index (Phi) is 7.67. The number of hydrogen-bond acceptors (Lipinski definition) is 5. The lowest BCUT2D eigenvalue weighted by molar-refractivity contribution is 0.0950. The van der Waals surface area contributed by atoms with Crippen molar-refractivity contribution in [2.75, 3.05) is 10.6 Å². The monoisotopic (exact) mass is 479 g/mol. The van der Waals surface area contributed by atoms with E-state index in [0.29, 0.717) is 22.9 Å². The largest absolute Gasteiger partial charge is 0.457 e. The van der Waals surface area contributed by atoms with Crippen LogP contribution in [0.1, 0.15) is 27.2 Å². The fourth-order valence-electron chi connectivity index (χ4n) is 3.23. The third-order valence-electron chi connectivity index (χ3n) is 5.04. The molecule has 0 fully saturated rings. The normalized spacial score (nSPS) is 10.6. The van der Waals surface area contributed by atoms with E-state index in [1.54, 1.807) is 36.5 Å². The fourth-order valence-corrected chi connectivity index (χ4v) is 3.23. The van der Waals surface area contributed by atoms with E-state index in [-0.39, 0.29) is 11.7 Å². The van der Waals surface area contributed by atoms with Gasteiger partial charge in [-0.15, -0.1) is 0 Å². The molecule has 1 aromatic heterocycles. The molecule has 0 aliphatic rings. The Morgan fingerprint density at radius 1 is 0.806 bits per heavy atom. The Morgan fingerprint density at radius 2 is 1.56 bits per heavy atom. The third kappa shape index (κ3) is 7.01. The molecule has 0 aliphatic carbocycles. The summed E-state index contributed by atoms with van der Waals surface area (Å²) < 4.78 is 5.84. The lowest BCUT2D eigenvalue weighted by Gasteiger charge is -2.10. The predicted molar refractivity (Wildman–Crippen MR) is 141 cm³/mol. The highest BCUT2D eigenvalue weighted by atomic mass is 16.5. The van der Waals surface area contributed by atoms with Gasteiger partial charge in [0.05, 0.1) is 6.21 Å². The Balaban J connectivity index is 1.31. The van der Waals surface area contributed by atoms with Crippen molar-refractivity contribution in [3.63, 3.8) is 0 Å². The van der Waals surface area contributed by atoms with E-state index in [9.17, 15) is 9.59 Å². The van der Waals surface area contributed by atoms with Crippen molar-refractivity contribution in [2.45, 2.75) is 13.8 Å². The van der Waals surface area contributed by atoms with Gasteiger partial charge in [0.25, 0.3) is 5.91 Å². The maximum Gasteiger partial charge on any atom is 0.323 e. The van der Waals surface area contributed by atoms with Gasteiger partial charge in [0.1, 0.15) is 17.2 Å². The number of urea groups is 1. The Morgan fingerprint density at radius 3 is 2.31 bits per heavy atom. The van der Waals surface area contributed by atoms with E-state index in [4.69, 9.17) is 4.74 Å². The van der Waals surface area contributed by atoms with E-state index in [2.05, 4.69) is 26.1 Å². The van der Waals surface area contributed by atoms with Gasteiger partial charge in [-0.2, -0.15) is 5.10 Å². The molecule has 4 aromatic rings. The molecule has 3 N–H and O–H groups in total. The minimum atomic E-state index is -0.456. The van der Waals surface area contributed by atoms with E-state index in [1.165, 1.54) is 12.3 Å². The molecule has 0 unspecified atom stereocenters. The molecule has 0 bridgehead atoms. The Bertz CT molecular complexity index is 1380. The lowest BCUT2D eigenvalue weighted by Crippen LogP contribution is -2.19. The summed E-state index contributed by atoms with van der Waals surface area (Å²) in [6.07, 6.45) is 3.05. The minimum Gasteiger partial charge on any atom is -0.457 e. The molecule has 0 aliphatic heterocycles. The number of pyridine rings is 1. The van der Waals surface area contributed by atoms with Crippen molar-refractivity contribution in [3.05, 3.63) is 114 Å². The average molecular weight is 480 g/mol. The number of nitrogens with one attached hydrogen (secondary N) is 3. The number of aryl methyl sites for hydroxylation is 2. The molecule has 0 saturated carbocycles. The van der Waals surface area contributed by atoms with E-state index < -0.39 is 5.91 Å². The molecule has 1 heterocycles. The molecular weight excluding hydrogens is 454 g/mol. The van der Waals surface area contributed by atoms with Gasteiger partial charge in [0.15, 0.2) is 0 Å². The number of rotatable bonds is 7. The number of ether oxygens (including phenoxy) is 1. The second-order valence-corrected chi connectivity index (χ2v) is 8.06. The summed E-state index contributed by atoms with van der Waals surface area (Å²) >= 11 is 0. The number of hydrogen-bond donors (Lipinski definition) is 3. The van der Waals surface area contributed by atoms with Crippen LogP contribution >= 0.6 is 0 Å². The van der Waals surface area contributed by atoms with Crippen LogP contribution in [0.2, 0.25) is 0 Å². The molecule has 36 heavy (non-hydrogen) atoms. The number of benzene rings is 3. The first-order valence-electron chi connectivity index (χ1n) is 11.2. The van der Waals surface area contributed by atoms with Crippen LogP contribution < -0.4 is 20.8 Å². The predicted octanol–water partition coefficient (Wildman–Crippen LogP) is 5.90. The van der Waals surface area contributed by atoms with Gasteiger partial charge >= 0.3 is 6.03 Å². The Labute approximate surface area is 209 Å². The molecule has 0 atom stereocenters. The highest BCUT2D eigenvalue weighted by Gasteiger charge is 2.09. The first-order valence-corrected chi connectivity index (χ1v) is 11.2. The molecular formula is C28H25N5O3. The maximum atomic E-state index is 12.4. The number of amides is 3. The fraction of sp³-hybridized carbons (Fsp3) is 0.0714. The summed E-state index contributed by atoms with van der Waals surface area (Å²) in [6.45, 7) is 3.96. The van der Waals surface area contributed by atoms with Gasteiger partial charge in [-0.1, -0.05) is 42.0 Å². The van der Waals surface area contributed by atoms with E-state index >= 15 is 0 Å². The Hall–Kier alpha value is -4.98. The van der Waals surface area contributed by atoms with Crippen molar-refractivity contribution in [1.29, 1.82) is 0 Å². The molecule has 0 saturated heterocycles. The van der Waals surface area contributed by atoms with Crippen LogP contribution in [-0.4, -0.2) is 23.1 Å². The summed E-state index contributed by atoms with van der Waals surface area (Å²) in [6, 6.07) is 25.0. The minimum absolute atomic E-state index is 0.166. The quantitative estimate of drug-likeness (QED) is 0.227. The maximum absolute atomic E-state index is 12.4. The second kappa shape index (κ2) is 11.4. The summed E-state index contributed by atoms with van der Waals surface area (Å²) in [5, 5.41) is 9.55. The van der Waals surface area contributed by atoms with Crippen molar-refractivity contribution < 1.29 is 14.3 Å². The third-order valence-corrected chi connectivity index (χ3v) is 5.04. The van der Waals surface area contributed by atoms with Gasteiger partial charge in [0, 0.05) is 23.6 Å². The molecule has 4 rings (SSSR count). The van der Waals surface area contributed by atoms with E-state index in [1.807, 2.05) is 62.4 Å². The molecule has 8 heteroatoms. The number of aromatic nitrogens is 1. The first-order chi connectivity index (χ1) is 17.4. The number of nitrogens with zero attached hydrogens (tertiary/aromatic N) is 2. The summed E-state index contributed by atoms with van der Waals surface area (Å²) in [5.41, 5.74) is 7.02. The van der Waals surface area contributed by atoms with Crippen molar-refractivity contribution in [2.24, 2.45) is 5.10 Å². The van der Waals surface area contributed by atoms with Crippen LogP contribution in [0.15, 0.2) is 96.2 Å². The summed E-state index contributed by atoms with van der Waals surface area (Å²) in [5.74, 6) is 0.521. The van der Waals surface area contributed by atoms with Gasteiger partial charge in [-0.3, -0.25) is 9.78 Å². The van der Waals surface area contributed by atoms with Crippen LogP contribution in [0.3, 0.4) is 0 Å². The smallest absolute Gasteiger partial charge is 0.323 e. The van der Waals surface area contributed by atoms with Crippen molar-refractivity contribution in [3.8, 4) is 11.5 Å². The number of carbonyl (C=O) groups is 2. The van der Waals surface area contributed by atoms with Crippen LogP contribution in [0, 0.1) is 13.8 Å². The molecule has 3 aromatic carbocycles. The van der Waals surface area contributed by atoms with Gasteiger partial charge in [-0.05, 0) is 67.4 Å². The van der Waals surface area contributed by atoms with Crippen LogP contribution in [0.5, 0.6) is 11.5 Å². The van der Waals surface area contributed by atoms with Crippen LogP contribution in [0.25, 0.3) is 0 Å². The zero-order valence-electron chi connectivity index (χ0n) is 19.9. The number of carbonyl (C=O) groups excluding carboxylic acids is 2. The standard InChI is InChI=1S/C28H25N5O3/c1-19-6-8-21(9-7-19)18-30-33-27(34)26-17-25(14-15-29-26)36-24-12-10-22(11-13-24)31-28(35)32-23-5-3-4-20(2)16-23/h3-18H,1-2H3,(H,33,34)(H2,31,32,35)/b30-18+. The zero-order valence-corrected chi connectivity index (χ0v) is 19.9. The molecule has 180 valence electrons. The molecule has 0 radical (unpaired) electrons. The average Bonchev–Trinajstić information content (AvgIpc) is 2.86. The highest BCUT2D eigenvalue weighted by Crippen LogP contribution is 2.23. The highest BCUT2D eigenvalue weighted by molar-refractivity contribution is 5.99. The molecule has 8 nitrogen and oxygen atoms in total. The van der Waals surface area contributed by atoms with Crippen LogP contribution in [-0.2, 0) is 0 Å². The van der Waals surface area contributed by atoms with Crippen molar-refractivity contribution in [1.82, 2.24) is 10.4 Å². The number of anilines is 2. The second-order valence-electron chi connectivity index (χ2n) is 8.06. The van der Waals surface area contributed by atoms with E-state index in [0.717, 1.165) is 16.7 Å². The molecule has 3 amide bonds. The topological polar surface area (TPSA) is 105 Å². The van der Waals surface area contributed by atoms with Gasteiger partial charge in [-0.25, -0.2) is 10.2 Å². The zero-order chi connectivity index (χ0) is 25.3.